The number of thiazole rings is 1. The summed E-state index contributed by atoms with van der Waals surface area (Å²) in [6.45, 7) is 8.04. The summed E-state index contributed by atoms with van der Waals surface area (Å²) in [6, 6.07) is 7.01. The standard InChI is InChI=1S/C18H24N4O2S2/c1-4-24-11-5-10-19-18(25)22-21-13(3)16-12(2)20-17(26-16)14-6-8-15(23)9-7-14/h6-9,23H,4-5,10-11H2,1-3H3,(H2,19,22,25)/b21-13+. The Hall–Kier alpha value is -2.03. The highest BCUT2D eigenvalue weighted by Gasteiger charge is 2.12. The van der Waals surface area contributed by atoms with Gasteiger partial charge in [-0.25, -0.2) is 4.98 Å². The third kappa shape index (κ3) is 6.05. The number of nitrogens with one attached hydrogen (secondary N) is 2. The number of rotatable bonds is 8. The summed E-state index contributed by atoms with van der Waals surface area (Å²) < 4.78 is 5.28. The zero-order valence-corrected chi connectivity index (χ0v) is 16.8. The fourth-order valence-electron chi connectivity index (χ4n) is 2.20. The van der Waals surface area contributed by atoms with Crippen LogP contribution in [0, 0.1) is 6.92 Å². The zero-order chi connectivity index (χ0) is 18.9. The van der Waals surface area contributed by atoms with Gasteiger partial charge in [0.05, 0.1) is 16.3 Å². The lowest BCUT2D eigenvalue weighted by Crippen LogP contribution is -2.33. The van der Waals surface area contributed by atoms with Gasteiger partial charge in [0.25, 0.3) is 0 Å². The van der Waals surface area contributed by atoms with E-state index in [1.807, 2.05) is 32.9 Å². The number of hydrazone groups is 1. The highest BCUT2D eigenvalue weighted by atomic mass is 32.1. The molecule has 26 heavy (non-hydrogen) atoms. The average molecular weight is 393 g/mol. The maximum Gasteiger partial charge on any atom is 0.186 e. The number of ether oxygens (including phenoxy) is 1. The van der Waals surface area contributed by atoms with Crippen molar-refractivity contribution in [1.29, 1.82) is 0 Å². The first-order valence-corrected chi connectivity index (χ1v) is 9.66. The summed E-state index contributed by atoms with van der Waals surface area (Å²) >= 11 is 6.78. The van der Waals surface area contributed by atoms with Crippen molar-refractivity contribution < 1.29 is 9.84 Å². The molecule has 0 aliphatic heterocycles. The molecular formula is C18H24N4O2S2. The summed E-state index contributed by atoms with van der Waals surface area (Å²) in [7, 11) is 0. The Morgan fingerprint density at radius 2 is 2.08 bits per heavy atom. The van der Waals surface area contributed by atoms with Gasteiger partial charge in [0.2, 0.25) is 0 Å². The molecule has 3 N–H and O–H groups in total. The topological polar surface area (TPSA) is 78.8 Å². The quantitative estimate of drug-likeness (QED) is 0.276. The molecule has 1 aromatic heterocycles. The first kappa shape index (κ1) is 20.3. The Labute approximate surface area is 163 Å². The number of aryl methyl sites for hydroxylation is 1. The number of phenolic OH excluding ortho intramolecular Hbond substituents is 1. The second kappa shape index (κ2) is 10.2. The van der Waals surface area contributed by atoms with Crippen LogP contribution < -0.4 is 10.7 Å². The number of phenols is 1. The van der Waals surface area contributed by atoms with Crippen LogP contribution in [-0.2, 0) is 4.74 Å². The number of aromatic hydroxyl groups is 1. The minimum atomic E-state index is 0.242. The van der Waals surface area contributed by atoms with Gasteiger partial charge in [0.1, 0.15) is 10.8 Å². The number of benzene rings is 1. The predicted molar refractivity (Wildman–Crippen MR) is 111 cm³/mol. The molecule has 140 valence electrons. The van der Waals surface area contributed by atoms with Crippen molar-refractivity contribution in [3.8, 4) is 16.3 Å². The van der Waals surface area contributed by atoms with Crippen molar-refractivity contribution in [3.63, 3.8) is 0 Å². The van der Waals surface area contributed by atoms with Crippen LogP contribution >= 0.6 is 23.6 Å². The van der Waals surface area contributed by atoms with Gasteiger partial charge >= 0.3 is 0 Å². The third-order valence-electron chi connectivity index (χ3n) is 3.52. The van der Waals surface area contributed by atoms with Crippen molar-refractivity contribution in [3.05, 3.63) is 34.8 Å². The Morgan fingerprint density at radius 1 is 1.35 bits per heavy atom. The lowest BCUT2D eigenvalue weighted by Gasteiger charge is -2.07. The van der Waals surface area contributed by atoms with Crippen LogP contribution in [0.5, 0.6) is 5.75 Å². The molecule has 0 fully saturated rings. The van der Waals surface area contributed by atoms with Crippen LogP contribution in [0.25, 0.3) is 10.6 Å². The lowest BCUT2D eigenvalue weighted by molar-refractivity contribution is 0.145. The molecule has 0 spiro atoms. The molecule has 8 heteroatoms. The van der Waals surface area contributed by atoms with E-state index < -0.39 is 0 Å². The van der Waals surface area contributed by atoms with Crippen LogP contribution in [0.15, 0.2) is 29.4 Å². The van der Waals surface area contributed by atoms with Gasteiger partial charge in [-0.05, 0) is 63.7 Å². The second-order valence-electron chi connectivity index (χ2n) is 5.60. The highest BCUT2D eigenvalue weighted by molar-refractivity contribution is 7.80. The van der Waals surface area contributed by atoms with Gasteiger partial charge in [-0.1, -0.05) is 0 Å². The second-order valence-corrected chi connectivity index (χ2v) is 7.00. The van der Waals surface area contributed by atoms with Crippen LogP contribution in [0.3, 0.4) is 0 Å². The van der Waals surface area contributed by atoms with Crippen LogP contribution in [0.1, 0.15) is 30.8 Å². The van der Waals surface area contributed by atoms with E-state index in [4.69, 9.17) is 17.0 Å². The minimum absolute atomic E-state index is 0.242. The number of thiocarbonyl (C=S) groups is 1. The number of hydrogen-bond acceptors (Lipinski definition) is 6. The van der Waals surface area contributed by atoms with Crippen LogP contribution in [0.4, 0.5) is 0 Å². The molecule has 0 saturated carbocycles. The van der Waals surface area contributed by atoms with Crippen molar-refractivity contribution in [2.75, 3.05) is 19.8 Å². The molecule has 0 amide bonds. The molecule has 1 heterocycles. The van der Waals surface area contributed by atoms with Crippen LogP contribution in [0.2, 0.25) is 0 Å². The number of nitrogens with zero attached hydrogens (tertiary/aromatic N) is 2. The smallest absolute Gasteiger partial charge is 0.186 e. The summed E-state index contributed by atoms with van der Waals surface area (Å²) in [5.41, 5.74) is 5.57. The van der Waals surface area contributed by atoms with Gasteiger partial charge in [0.15, 0.2) is 5.11 Å². The number of aromatic nitrogens is 1. The third-order valence-corrected chi connectivity index (χ3v) is 5.07. The normalized spacial score (nSPS) is 11.4. The van der Waals surface area contributed by atoms with Crippen LogP contribution in [-0.4, -0.2) is 40.7 Å². The molecule has 2 aromatic rings. The maximum absolute atomic E-state index is 9.41. The number of hydrogen-bond donors (Lipinski definition) is 3. The van der Waals surface area contributed by atoms with Crippen molar-refractivity contribution in [2.24, 2.45) is 5.10 Å². The van der Waals surface area contributed by atoms with Crippen molar-refractivity contribution >= 4 is 34.4 Å². The van der Waals surface area contributed by atoms with E-state index in [9.17, 15) is 5.11 Å². The van der Waals surface area contributed by atoms with E-state index in [2.05, 4.69) is 20.8 Å². The highest BCUT2D eigenvalue weighted by Crippen LogP contribution is 2.29. The minimum Gasteiger partial charge on any atom is -0.508 e. The molecule has 1 aromatic carbocycles. The van der Waals surface area contributed by atoms with E-state index in [1.165, 1.54) is 0 Å². The van der Waals surface area contributed by atoms with Gasteiger partial charge in [-0.15, -0.1) is 11.3 Å². The van der Waals surface area contributed by atoms with E-state index in [1.54, 1.807) is 23.5 Å². The molecule has 0 radical (unpaired) electrons. The monoisotopic (exact) mass is 392 g/mol. The SMILES string of the molecule is CCOCCCNC(=S)N/N=C(\C)c1sc(-c2ccc(O)cc2)nc1C. The first-order valence-electron chi connectivity index (χ1n) is 8.44. The molecule has 0 saturated heterocycles. The Kier molecular flexibility index (Phi) is 7.96. The van der Waals surface area contributed by atoms with Crippen molar-refractivity contribution in [1.82, 2.24) is 15.7 Å². The molecule has 2 rings (SSSR count). The van der Waals surface area contributed by atoms with E-state index >= 15 is 0 Å². The summed E-state index contributed by atoms with van der Waals surface area (Å²) in [4.78, 5) is 5.60. The molecule has 0 aliphatic rings. The lowest BCUT2D eigenvalue weighted by atomic mass is 10.2. The molecule has 6 nitrogen and oxygen atoms in total. The summed E-state index contributed by atoms with van der Waals surface area (Å²) in [5.74, 6) is 0.242. The van der Waals surface area contributed by atoms with Gasteiger partial charge < -0.3 is 15.2 Å². The Morgan fingerprint density at radius 3 is 2.77 bits per heavy atom. The van der Waals surface area contributed by atoms with Gasteiger partial charge in [0, 0.05) is 25.3 Å². The maximum atomic E-state index is 9.41. The van der Waals surface area contributed by atoms with E-state index in [0.717, 1.165) is 46.4 Å². The molecule has 0 aliphatic carbocycles. The molecule has 0 unspecified atom stereocenters. The van der Waals surface area contributed by atoms with E-state index in [-0.39, 0.29) is 5.75 Å². The first-order chi connectivity index (χ1) is 12.5. The zero-order valence-electron chi connectivity index (χ0n) is 15.2. The predicted octanol–water partition coefficient (Wildman–Crippen LogP) is 3.44. The largest absolute Gasteiger partial charge is 0.508 e. The average Bonchev–Trinajstić information content (AvgIpc) is 3.02. The Balaban J connectivity index is 1.94. The fraction of sp³-hybridized carbons (Fsp3) is 0.389. The summed E-state index contributed by atoms with van der Waals surface area (Å²) in [5, 5.41) is 18.2. The molecular weight excluding hydrogens is 368 g/mol. The summed E-state index contributed by atoms with van der Waals surface area (Å²) in [6.07, 6.45) is 0.891. The fourth-order valence-corrected chi connectivity index (χ4v) is 3.37. The molecule has 0 bridgehead atoms. The van der Waals surface area contributed by atoms with Gasteiger partial charge in [-0.2, -0.15) is 5.10 Å². The Bertz CT molecular complexity index is 757. The van der Waals surface area contributed by atoms with Crippen molar-refractivity contribution in [2.45, 2.75) is 27.2 Å². The van der Waals surface area contributed by atoms with Gasteiger partial charge in [-0.3, -0.25) is 5.43 Å². The molecule has 0 atom stereocenters. The van der Waals surface area contributed by atoms with E-state index in [0.29, 0.717) is 11.7 Å².